The fraction of sp³-hybridized carbons (Fsp3) is 0.533. The summed E-state index contributed by atoms with van der Waals surface area (Å²) in [5.41, 5.74) is 0. The van der Waals surface area contributed by atoms with Crippen LogP contribution < -0.4 is 5.32 Å². The summed E-state index contributed by atoms with van der Waals surface area (Å²) in [5.74, 6) is -0.0972. The average molecular weight is 345 g/mol. The van der Waals surface area contributed by atoms with Crippen LogP contribution in [0.3, 0.4) is 0 Å². The molecule has 1 saturated heterocycles. The van der Waals surface area contributed by atoms with Crippen molar-refractivity contribution in [1.29, 1.82) is 0 Å². The quantitative estimate of drug-likeness (QED) is 0.892. The van der Waals surface area contributed by atoms with Gasteiger partial charge in [-0.05, 0) is 37.5 Å². The van der Waals surface area contributed by atoms with Gasteiger partial charge in [-0.15, -0.1) is 0 Å². The Morgan fingerprint density at radius 1 is 1.41 bits per heavy atom. The maximum absolute atomic E-state index is 12.8. The second-order valence-corrected chi connectivity index (χ2v) is 7.82. The number of hydrogen-bond acceptors (Lipinski definition) is 3. The number of carbonyl (C=O) groups excluding carboxylic acids is 1. The zero-order valence-corrected chi connectivity index (χ0v) is 14.2. The monoisotopic (exact) mass is 344 g/mol. The van der Waals surface area contributed by atoms with Gasteiger partial charge in [-0.1, -0.05) is 24.1 Å². The molecule has 22 heavy (non-hydrogen) atoms. The molecule has 1 atom stereocenters. The van der Waals surface area contributed by atoms with Gasteiger partial charge in [-0.25, -0.2) is 8.42 Å². The number of carbonyl (C=O) groups is 1. The van der Waals surface area contributed by atoms with Crippen LogP contribution in [0.2, 0.25) is 5.02 Å². The van der Waals surface area contributed by atoms with Crippen LogP contribution in [-0.2, 0) is 14.8 Å². The maximum atomic E-state index is 12.8. The highest BCUT2D eigenvalue weighted by Gasteiger charge is 2.33. The number of halogens is 1. The number of nitrogens with one attached hydrogen (secondary N) is 1. The van der Waals surface area contributed by atoms with Crippen LogP contribution in [0.4, 0.5) is 0 Å². The van der Waals surface area contributed by atoms with Crippen molar-refractivity contribution in [2.24, 2.45) is 0 Å². The van der Waals surface area contributed by atoms with E-state index in [0.29, 0.717) is 24.5 Å². The van der Waals surface area contributed by atoms with E-state index in [1.165, 1.54) is 13.0 Å². The predicted molar refractivity (Wildman–Crippen MR) is 86.3 cm³/mol. The Morgan fingerprint density at radius 2 is 2.18 bits per heavy atom. The number of nitrogens with zero attached hydrogens (tertiary/aromatic N) is 1. The van der Waals surface area contributed by atoms with Gasteiger partial charge in [0, 0.05) is 31.1 Å². The topological polar surface area (TPSA) is 66.5 Å². The summed E-state index contributed by atoms with van der Waals surface area (Å²) >= 11 is 5.91. The molecule has 122 valence electrons. The lowest BCUT2D eigenvalue weighted by Gasteiger charge is -2.34. The third-order valence-electron chi connectivity index (χ3n) is 3.83. The van der Waals surface area contributed by atoms with Crippen molar-refractivity contribution in [2.75, 3.05) is 13.1 Å². The minimum atomic E-state index is -3.55. The van der Waals surface area contributed by atoms with E-state index in [-0.39, 0.29) is 16.8 Å². The van der Waals surface area contributed by atoms with E-state index in [0.717, 1.165) is 19.3 Å². The standard InChI is InChI=1S/C15H21ClN2O3S/c1-12(19)17-9-8-14-6-2-3-10-18(14)22(20,21)15-7-4-5-13(16)11-15/h4-5,7,11,14H,2-3,6,8-10H2,1H3,(H,17,19)/t14-/m1/s1. The van der Waals surface area contributed by atoms with Crippen molar-refractivity contribution in [3.8, 4) is 0 Å². The van der Waals surface area contributed by atoms with Gasteiger partial charge in [0.1, 0.15) is 0 Å². The summed E-state index contributed by atoms with van der Waals surface area (Å²) < 4.78 is 27.2. The Bertz CT molecular complexity index is 633. The maximum Gasteiger partial charge on any atom is 0.243 e. The second kappa shape index (κ2) is 7.44. The van der Waals surface area contributed by atoms with E-state index in [2.05, 4.69) is 5.32 Å². The molecular formula is C15H21ClN2O3S. The molecule has 1 amide bonds. The van der Waals surface area contributed by atoms with Crippen LogP contribution >= 0.6 is 11.6 Å². The number of benzene rings is 1. The lowest BCUT2D eigenvalue weighted by molar-refractivity contribution is -0.119. The molecule has 0 bridgehead atoms. The number of hydrogen-bond donors (Lipinski definition) is 1. The van der Waals surface area contributed by atoms with Crippen LogP contribution in [0.25, 0.3) is 0 Å². The Kier molecular flexibility index (Phi) is 5.83. The molecule has 0 spiro atoms. The van der Waals surface area contributed by atoms with Crippen LogP contribution in [0.15, 0.2) is 29.2 Å². The molecule has 7 heteroatoms. The molecular weight excluding hydrogens is 324 g/mol. The van der Waals surface area contributed by atoms with E-state index in [9.17, 15) is 13.2 Å². The smallest absolute Gasteiger partial charge is 0.243 e. The van der Waals surface area contributed by atoms with E-state index >= 15 is 0 Å². The first kappa shape index (κ1) is 17.2. The molecule has 0 saturated carbocycles. The first-order valence-electron chi connectivity index (χ1n) is 7.43. The SMILES string of the molecule is CC(=O)NCC[C@H]1CCCCN1S(=O)(=O)c1cccc(Cl)c1. The third-order valence-corrected chi connectivity index (χ3v) is 6.01. The first-order chi connectivity index (χ1) is 10.4. The van der Waals surface area contributed by atoms with E-state index in [4.69, 9.17) is 11.6 Å². The fourth-order valence-corrected chi connectivity index (χ4v) is 4.78. The number of sulfonamides is 1. The summed E-state index contributed by atoms with van der Waals surface area (Å²) in [6.07, 6.45) is 3.31. The normalized spacial score (nSPS) is 19.8. The Balaban J connectivity index is 2.17. The molecule has 0 aromatic heterocycles. The molecule has 0 unspecified atom stereocenters. The van der Waals surface area contributed by atoms with Crippen molar-refractivity contribution in [2.45, 2.75) is 43.5 Å². The molecule has 1 aliphatic heterocycles. The van der Waals surface area contributed by atoms with Crippen LogP contribution in [0.1, 0.15) is 32.6 Å². The summed E-state index contributed by atoms with van der Waals surface area (Å²) in [5, 5.41) is 3.14. The largest absolute Gasteiger partial charge is 0.356 e. The molecule has 0 aliphatic carbocycles. The molecule has 1 aromatic carbocycles. The van der Waals surface area contributed by atoms with Crippen LogP contribution in [0.5, 0.6) is 0 Å². The van der Waals surface area contributed by atoms with Gasteiger partial charge < -0.3 is 5.32 Å². The third kappa shape index (κ3) is 4.21. The molecule has 1 heterocycles. The molecule has 2 rings (SSSR count). The van der Waals surface area contributed by atoms with E-state index in [1.807, 2.05) is 0 Å². The van der Waals surface area contributed by atoms with Crippen LogP contribution in [0, 0.1) is 0 Å². The average Bonchev–Trinajstić information content (AvgIpc) is 2.47. The van der Waals surface area contributed by atoms with Gasteiger partial charge in [0.15, 0.2) is 0 Å². The highest BCUT2D eigenvalue weighted by molar-refractivity contribution is 7.89. The lowest BCUT2D eigenvalue weighted by Crippen LogP contribution is -2.45. The molecule has 1 aromatic rings. The minimum Gasteiger partial charge on any atom is -0.356 e. The van der Waals surface area contributed by atoms with Crippen LogP contribution in [-0.4, -0.2) is 37.8 Å². The van der Waals surface area contributed by atoms with Crippen molar-refractivity contribution < 1.29 is 13.2 Å². The van der Waals surface area contributed by atoms with E-state index in [1.54, 1.807) is 22.5 Å². The Hall–Kier alpha value is -1.11. The Morgan fingerprint density at radius 3 is 2.86 bits per heavy atom. The molecule has 1 N–H and O–H groups in total. The zero-order valence-electron chi connectivity index (χ0n) is 12.6. The number of piperidine rings is 1. The van der Waals surface area contributed by atoms with Gasteiger partial charge in [0.2, 0.25) is 15.9 Å². The van der Waals surface area contributed by atoms with Crippen molar-refractivity contribution >= 4 is 27.5 Å². The molecule has 5 nitrogen and oxygen atoms in total. The van der Waals surface area contributed by atoms with Crippen molar-refractivity contribution in [1.82, 2.24) is 9.62 Å². The van der Waals surface area contributed by atoms with Crippen molar-refractivity contribution in [3.63, 3.8) is 0 Å². The number of amides is 1. The first-order valence-corrected chi connectivity index (χ1v) is 9.25. The summed E-state index contributed by atoms with van der Waals surface area (Å²) in [6.45, 7) is 2.46. The summed E-state index contributed by atoms with van der Waals surface area (Å²) in [4.78, 5) is 11.2. The molecule has 0 radical (unpaired) electrons. The second-order valence-electron chi connectivity index (χ2n) is 5.49. The van der Waals surface area contributed by atoms with Gasteiger partial charge in [-0.3, -0.25) is 4.79 Å². The lowest BCUT2D eigenvalue weighted by atomic mass is 10.0. The zero-order chi connectivity index (χ0) is 16.2. The van der Waals surface area contributed by atoms with E-state index < -0.39 is 10.0 Å². The Labute approximate surface area is 136 Å². The molecule has 1 aliphatic rings. The minimum absolute atomic E-state index is 0.0791. The van der Waals surface area contributed by atoms with Gasteiger partial charge in [0.25, 0.3) is 0 Å². The molecule has 1 fully saturated rings. The predicted octanol–water partition coefficient (Wildman–Crippen LogP) is 2.41. The number of rotatable bonds is 5. The van der Waals surface area contributed by atoms with Gasteiger partial charge in [-0.2, -0.15) is 4.31 Å². The highest BCUT2D eigenvalue weighted by Crippen LogP contribution is 2.28. The van der Waals surface area contributed by atoms with Gasteiger partial charge in [0.05, 0.1) is 4.90 Å². The summed E-state index contributed by atoms with van der Waals surface area (Å²) in [6, 6.07) is 6.28. The van der Waals surface area contributed by atoms with Gasteiger partial charge >= 0.3 is 0 Å². The summed E-state index contributed by atoms with van der Waals surface area (Å²) in [7, 11) is -3.55. The fourth-order valence-electron chi connectivity index (χ4n) is 2.76. The highest BCUT2D eigenvalue weighted by atomic mass is 35.5. The van der Waals surface area contributed by atoms with Crippen molar-refractivity contribution in [3.05, 3.63) is 29.3 Å².